The van der Waals surface area contributed by atoms with Crippen molar-refractivity contribution in [3.05, 3.63) is 52.8 Å². The van der Waals surface area contributed by atoms with Crippen LogP contribution in [0.3, 0.4) is 0 Å². The lowest BCUT2D eigenvalue weighted by Crippen LogP contribution is -1.91. The number of hydrogen-bond acceptors (Lipinski definition) is 3. The SMILES string of the molecule is COc1cc(N)ccc1SCc1ccc(F)cc1Cl. The van der Waals surface area contributed by atoms with E-state index < -0.39 is 0 Å². The first-order valence-corrected chi connectivity index (χ1v) is 6.96. The van der Waals surface area contributed by atoms with Crippen LogP contribution in [0, 0.1) is 5.82 Å². The third kappa shape index (κ3) is 3.55. The van der Waals surface area contributed by atoms with Crippen LogP contribution < -0.4 is 10.5 Å². The molecule has 0 saturated carbocycles. The van der Waals surface area contributed by atoms with Crippen LogP contribution >= 0.6 is 23.4 Å². The molecule has 2 nitrogen and oxygen atoms in total. The zero-order valence-corrected chi connectivity index (χ0v) is 11.9. The molecule has 0 bridgehead atoms. The van der Waals surface area contributed by atoms with Crippen LogP contribution in [-0.4, -0.2) is 7.11 Å². The molecule has 0 heterocycles. The summed E-state index contributed by atoms with van der Waals surface area (Å²) in [6, 6.07) is 9.90. The molecule has 2 rings (SSSR count). The molecule has 0 aliphatic carbocycles. The maximum Gasteiger partial charge on any atom is 0.134 e. The first-order chi connectivity index (χ1) is 9.10. The minimum Gasteiger partial charge on any atom is -0.496 e. The van der Waals surface area contributed by atoms with Gasteiger partial charge in [0.2, 0.25) is 0 Å². The van der Waals surface area contributed by atoms with E-state index in [-0.39, 0.29) is 5.82 Å². The molecule has 0 aliphatic rings. The van der Waals surface area contributed by atoms with Gasteiger partial charge in [0.25, 0.3) is 0 Å². The number of nitrogen functional groups attached to an aromatic ring is 1. The predicted octanol–water partition coefficient (Wildman–Crippen LogP) is 4.36. The van der Waals surface area contributed by atoms with Crippen molar-refractivity contribution in [2.24, 2.45) is 0 Å². The molecule has 2 aromatic carbocycles. The Labute approximate surface area is 120 Å². The number of hydrogen-bond donors (Lipinski definition) is 1. The largest absolute Gasteiger partial charge is 0.496 e. The van der Waals surface area contributed by atoms with Gasteiger partial charge in [0.15, 0.2) is 0 Å². The summed E-state index contributed by atoms with van der Waals surface area (Å²) in [7, 11) is 1.60. The van der Waals surface area contributed by atoms with Gasteiger partial charge in [-0.3, -0.25) is 0 Å². The number of rotatable bonds is 4. The van der Waals surface area contributed by atoms with Crippen LogP contribution in [0.1, 0.15) is 5.56 Å². The fourth-order valence-corrected chi connectivity index (χ4v) is 2.92. The van der Waals surface area contributed by atoms with Crippen molar-refractivity contribution in [3.63, 3.8) is 0 Å². The Morgan fingerprint density at radius 2 is 2.05 bits per heavy atom. The molecule has 0 spiro atoms. The maximum absolute atomic E-state index is 12.9. The lowest BCUT2D eigenvalue weighted by atomic mass is 10.2. The number of methoxy groups -OCH3 is 1. The lowest BCUT2D eigenvalue weighted by Gasteiger charge is -2.09. The van der Waals surface area contributed by atoms with Crippen molar-refractivity contribution in [2.45, 2.75) is 10.6 Å². The van der Waals surface area contributed by atoms with Gasteiger partial charge in [-0.1, -0.05) is 17.7 Å². The van der Waals surface area contributed by atoms with Gasteiger partial charge in [-0.2, -0.15) is 0 Å². The standard InChI is InChI=1S/C14H13ClFNOS/c1-18-13-7-11(17)4-5-14(13)19-8-9-2-3-10(16)6-12(9)15/h2-7H,8,17H2,1H3. The third-order valence-electron chi connectivity index (χ3n) is 2.59. The van der Waals surface area contributed by atoms with E-state index in [4.69, 9.17) is 22.1 Å². The molecule has 0 radical (unpaired) electrons. The Hall–Kier alpha value is -1.39. The minimum absolute atomic E-state index is 0.330. The average Bonchev–Trinajstić information content (AvgIpc) is 2.39. The van der Waals surface area contributed by atoms with Crippen molar-refractivity contribution in [3.8, 4) is 5.75 Å². The molecule has 0 fully saturated rings. The smallest absolute Gasteiger partial charge is 0.134 e. The maximum atomic E-state index is 12.9. The van der Waals surface area contributed by atoms with Gasteiger partial charge in [-0.15, -0.1) is 11.8 Å². The van der Waals surface area contributed by atoms with Crippen LogP contribution in [0.25, 0.3) is 0 Å². The zero-order chi connectivity index (χ0) is 13.8. The summed E-state index contributed by atoms with van der Waals surface area (Å²) in [5.41, 5.74) is 7.23. The summed E-state index contributed by atoms with van der Waals surface area (Å²) in [6.45, 7) is 0. The minimum atomic E-state index is -0.330. The quantitative estimate of drug-likeness (QED) is 0.672. The fourth-order valence-electron chi connectivity index (χ4n) is 1.60. The molecule has 5 heteroatoms. The topological polar surface area (TPSA) is 35.2 Å². The van der Waals surface area contributed by atoms with E-state index in [0.717, 1.165) is 16.2 Å². The number of thioether (sulfide) groups is 1. The van der Waals surface area contributed by atoms with Crippen LogP contribution in [0.5, 0.6) is 5.75 Å². The Kier molecular flexibility index (Phi) is 4.56. The Morgan fingerprint density at radius 1 is 1.26 bits per heavy atom. The van der Waals surface area contributed by atoms with E-state index in [9.17, 15) is 4.39 Å². The van der Waals surface area contributed by atoms with E-state index in [1.54, 1.807) is 31.0 Å². The second kappa shape index (κ2) is 6.17. The van der Waals surface area contributed by atoms with Crippen molar-refractivity contribution >= 4 is 29.1 Å². The van der Waals surface area contributed by atoms with Gasteiger partial charge in [-0.25, -0.2) is 4.39 Å². The zero-order valence-electron chi connectivity index (χ0n) is 10.3. The van der Waals surface area contributed by atoms with Crippen LogP contribution in [-0.2, 0) is 5.75 Å². The summed E-state index contributed by atoms with van der Waals surface area (Å²) in [6.07, 6.45) is 0. The highest BCUT2D eigenvalue weighted by atomic mass is 35.5. The molecule has 0 atom stereocenters. The second-order valence-electron chi connectivity index (χ2n) is 3.93. The molecular formula is C14H13ClFNOS. The highest BCUT2D eigenvalue weighted by Gasteiger charge is 2.07. The van der Waals surface area contributed by atoms with E-state index in [1.807, 2.05) is 12.1 Å². The average molecular weight is 298 g/mol. The van der Waals surface area contributed by atoms with Crippen molar-refractivity contribution < 1.29 is 9.13 Å². The van der Waals surface area contributed by atoms with Gasteiger partial charge < -0.3 is 10.5 Å². The molecule has 100 valence electrons. The number of halogens is 2. The van der Waals surface area contributed by atoms with Gasteiger partial charge in [0, 0.05) is 27.4 Å². The molecule has 2 aromatic rings. The highest BCUT2D eigenvalue weighted by Crippen LogP contribution is 2.34. The Bertz CT molecular complexity index is 592. The van der Waals surface area contributed by atoms with E-state index in [0.29, 0.717) is 16.5 Å². The van der Waals surface area contributed by atoms with Crippen LogP contribution in [0.2, 0.25) is 5.02 Å². The first kappa shape index (κ1) is 14.0. The molecule has 0 aromatic heterocycles. The molecular weight excluding hydrogens is 285 g/mol. The van der Waals surface area contributed by atoms with Crippen LogP contribution in [0.4, 0.5) is 10.1 Å². The first-order valence-electron chi connectivity index (χ1n) is 5.60. The Morgan fingerprint density at radius 3 is 2.74 bits per heavy atom. The second-order valence-corrected chi connectivity index (χ2v) is 5.36. The monoisotopic (exact) mass is 297 g/mol. The summed E-state index contributed by atoms with van der Waals surface area (Å²) >= 11 is 7.56. The fraction of sp³-hybridized carbons (Fsp3) is 0.143. The summed E-state index contributed by atoms with van der Waals surface area (Å²) < 4.78 is 18.2. The molecule has 19 heavy (non-hydrogen) atoms. The summed E-state index contributed by atoms with van der Waals surface area (Å²) in [4.78, 5) is 0.970. The van der Waals surface area contributed by atoms with Crippen LogP contribution in [0.15, 0.2) is 41.3 Å². The van der Waals surface area contributed by atoms with Gasteiger partial charge in [-0.05, 0) is 29.8 Å². The number of benzene rings is 2. The van der Waals surface area contributed by atoms with Crippen molar-refractivity contribution in [2.75, 3.05) is 12.8 Å². The molecule has 0 aliphatic heterocycles. The van der Waals surface area contributed by atoms with Crippen molar-refractivity contribution in [1.29, 1.82) is 0 Å². The number of ether oxygens (including phenoxy) is 1. The molecule has 2 N–H and O–H groups in total. The van der Waals surface area contributed by atoms with Gasteiger partial charge in [0.1, 0.15) is 11.6 Å². The highest BCUT2D eigenvalue weighted by molar-refractivity contribution is 7.98. The number of nitrogens with two attached hydrogens (primary N) is 1. The predicted molar refractivity (Wildman–Crippen MR) is 78.4 cm³/mol. The number of anilines is 1. The summed E-state index contributed by atoms with van der Waals surface area (Å²) in [5, 5.41) is 0.432. The van der Waals surface area contributed by atoms with E-state index in [1.165, 1.54) is 12.1 Å². The van der Waals surface area contributed by atoms with Gasteiger partial charge >= 0.3 is 0 Å². The lowest BCUT2D eigenvalue weighted by molar-refractivity contribution is 0.405. The summed E-state index contributed by atoms with van der Waals surface area (Å²) in [5.74, 6) is 1.03. The normalized spacial score (nSPS) is 10.5. The molecule has 0 unspecified atom stereocenters. The molecule has 0 saturated heterocycles. The molecule has 0 amide bonds. The van der Waals surface area contributed by atoms with Gasteiger partial charge in [0.05, 0.1) is 7.11 Å². The third-order valence-corrected chi connectivity index (χ3v) is 4.04. The van der Waals surface area contributed by atoms with E-state index >= 15 is 0 Å². The van der Waals surface area contributed by atoms with Crippen molar-refractivity contribution in [1.82, 2.24) is 0 Å². The Balaban J connectivity index is 2.14. The van der Waals surface area contributed by atoms with E-state index in [2.05, 4.69) is 0 Å².